The summed E-state index contributed by atoms with van der Waals surface area (Å²) in [6.45, 7) is 0.434. The van der Waals surface area contributed by atoms with Crippen molar-refractivity contribution in [3.8, 4) is 0 Å². The summed E-state index contributed by atoms with van der Waals surface area (Å²) in [5, 5.41) is 8.86. The number of nitrogens with one attached hydrogen (secondary N) is 1. The van der Waals surface area contributed by atoms with Crippen molar-refractivity contribution in [3.05, 3.63) is 58.0 Å². The minimum absolute atomic E-state index is 0.0229. The summed E-state index contributed by atoms with van der Waals surface area (Å²) in [5.41, 5.74) is -1.17. The lowest BCUT2D eigenvalue weighted by Crippen LogP contribution is -2.38. The Balaban J connectivity index is 1.73. The Hall–Kier alpha value is -2.59. The topological polar surface area (TPSA) is 120 Å². The van der Waals surface area contributed by atoms with E-state index in [1.165, 1.54) is 16.4 Å². The second-order valence-corrected chi connectivity index (χ2v) is 7.89. The smallest absolute Gasteiger partial charge is 0.342 e. The molecule has 0 amide bonds. The van der Waals surface area contributed by atoms with E-state index in [9.17, 15) is 22.4 Å². The highest BCUT2D eigenvalue weighted by molar-refractivity contribution is 7.89. The first-order chi connectivity index (χ1) is 12.3. The number of halogens is 1. The third-order valence-electron chi connectivity index (χ3n) is 4.34. The third-order valence-corrected chi connectivity index (χ3v) is 6.25. The van der Waals surface area contributed by atoms with Gasteiger partial charge in [0.15, 0.2) is 0 Å². The summed E-state index contributed by atoms with van der Waals surface area (Å²) in [4.78, 5) is 29.1. The van der Waals surface area contributed by atoms with E-state index in [1.54, 1.807) is 0 Å². The van der Waals surface area contributed by atoms with Gasteiger partial charge in [-0.2, -0.15) is 4.31 Å². The van der Waals surface area contributed by atoms with Crippen molar-refractivity contribution < 1.29 is 22.7 Å². The number of hydrogen-bond acceptors (Lipinski definition) is 5. The lowest BCUT2D eigenvalue weighted by Gasteiger charge is -2.30. The highest BCUT2D eigenvalue weighted by Gasteiger charge is 2.31. The Kier molecular flexibility index (Phi) is 4.88. The molecule has 0 saturated carbocycles. The average Bonchev–Trinajstić information content (AvgIpc) is 2.62. The van der Waals surface area contributed by atoms with E-state index in [1.807, 2.05) is 0 Å². The number of aromatic amines is 1. The van der Waals surface area contributed by atoms with Crippen LogP contribution in [-0.4, -0.2) is 46.9 Å². The normalized spacial score (nSPS) is 16.5. The number of nitrogens with zero attached hydrogens (tertiary/aromatic N) is 2. The lowest BCUT2D eigenvalue weighted by molar-refractivity contribution is 0.0694. The average molecular weight is 381 g/mol. The Morgan fingerprint density at radius 1 is 1.23 bits per heavy atom. The zero-order valence-electron chi connectivity index (χ0n) is 13.6. The molecule has 26 heavy (non-hydrogen) atoms. The van der Waals surface area contributed by atoms with E-state index < -0.39 is 32.9 Å². The minimum Gasteiger partial charge on any atom is -0.477 e. The number of aromatic nitrogens is 2. The standard InChI is InChI=1S/C16H16FN3O5S/c17-11-1-3-12(4-2-11)26(24,25)20-7-5-10(6-8-20)14-18-9-13(16(22)23)15(21)19-14/h1-4,9-10H,5-8H2,(H,22,23)(H,18,19,21). The summed E-state index contributed by atoms with van der Waals surface area (Å²) < 4.78 is 39.5. The molecule has 1 fully saturated rings. The Labute approximate surface area is 148 Å². The van der Waals surface area contributed by atoms with Gasteiger partial charge in [-0.1, -0.05) is 0 Å². The maximum Gasteiger partial charge on any atom is 0.342 e. The van der Waals surface area contributed by atoms with Crippen LogP contribution in [0.1, 0.15) is 34.9 Å². The van der Waals surface area contributed by atoms with Gasteiger partial charge in [0.2, 0.25) is 10.0 Å². The molecule has 2 N–H and O–H groups in total. The van der Waals surface area contributed by atoms with E-state index in [0.717, 1.165) is 18.3 Å². The van der Waals surface area contributed by atoms with Crippen molar-refractivity contribution in [2.24, 2.45) is 0 Å². The highest BCUT2D eigenvalue weighted by atomic mass is 32.2. The van der Waals surface area contributed by atoms with Crippen LogP contribution in [0, 0.1) is 5.82 Å². The molecule has 0 aliphatic carbocycles. The number of hydrogen-bond donors (Lipinski definition) is 2. The van der Waals surface area contributed by atoms with Crippen LogP contribution in [0.15, 0.2) is 40.2 Å². The maximum atomic E-state index is 13.0. The number of sulfonamides is 1. The Morgan fingerprint density at radius 3 is 2.38 bits per heavy atom. The molecule has 2 heterocycles. The SMILES string of the molecule is O=C(O)c1cnc(C2CCN(S(=O)(=O)c3ccc(F)cc3)CC2)[nH]c1=O. The van der Waals surface area contributed by atoms with E-state index in [2.05, 4.69) is 9.97 Å². The molecule has 1 aromatic heterocycles. The minimum atomic E-state index is -3.71. The molecule has 8 nitrogen and oxygen atoms in total. The van der Waals surface area contributed by atoms with Gasteiger partial charge in [-0.15, -0.1) is 0 Å². The molecule has 138 valence electrons. The number of aromatic carboxylic acids is 1. The van der Waals surface area contributed by atoms with Gasteiger partial charge in [-0.05, 0) is 37.1 Å². The fraction of sp³-hybridized carbons (Fsp3) is 0.312. The molecule has 1 saturated heterocycles. The molecule has 1 aliphatic rings. The van der Waals surface area contributed by atoms with E-state index in [-0.39, 0.29) is 23.9 Å². The summed E-state index contributed by atoms with van der Waals surface area (Å²) in [6, 6.07) is 4.64. The second kappa shape index (κ2) is 6.96. The monoisotopic (exact) mass is 381 g/mol. The number of piperidine rings is 1. The molecule has 2 aromatic rings. The number of H-pyrrole nitrogens is 1. The van der Waals surface area contributed by atoms with Gasteiger partial charge in [0.25, 0.3) is 5.56 Å². The van der Waals surface area contributed by atoms with Gasteiger partial charge in [0, 0.05) is 25.2 Å². The molecule has 0 bridgehead atoms. The molecule has 1 aromatic carbocycles. The predicted octanol–water partition coefficient (Wildman–Crippen LogP) is 1.18. The Morgan fingerprint density at radius 2 is 1.85 bits per heavy atom. The van der Waals surface area contributed by atoms with Gasteiger partial charge in [-0.3, -0.25) is 4.79 Å². The summed E-state index contributed by atoms with van der Waals surface area (Å²) in [5.74, 6) is -1.70. The van der Waals surface area contributed by atoms with Crippen molar-refractivity contribution >= 4 is 16.0 Å². The molecule has 10 heteroatoms. The zero-order chi connectivity index (χ0) is 18.9. The zero-order valence-corrected chi connectivity index (χ0v) is 14.4. The molecule has 0 spiro atoms. The number of rotatable bonds is 4. The van der Waals surface area contributed by atoms with Crippen LogP contribution < -0.4 is 5.56 Å². The van der Waals surface area contributed by atoms with Crippen molar-refractivity contribution in [2.75, 3.05) is 13.1 Å². The Bertz CT molecular complexity index is 980. The molecule has 0 atom stereocenters. The summed E-state index contributed by atoms with van der Waals surface area (Å²) in [7, 11) is -3.71. The van der Waals surface area contributed by atoms with E-state index in [4.69, 9.17) is 5.11 Å². The molecule has 3 rings (SSSR count). The van der Waals surface area contributed by atoms with Crippen LogP contribution in [0.4, 0.5) is 4.39 Å². The lowest BCUT2D eigenvalue weighted by atomic mass is 9.97. The van der Waals surface area contributed by atoms with E-state index >= 15 is 0 Å². The fourth-order valence-electron chi connectivity index (χ4n) is 2.89. The molecule has 1 aliphatic heterocycles. The maximum absolute atomic E-state index is 13.0. The highest BCUT2D eigenvalue weighted by Crippen LogP contribution is 2.28. The quantitative estimate of drug-likeness (QED) is 0.820. The van der Waals surface area contributed by atoms with Gasteiger partial charge in [0.05, 0.1) is 4.90 Å². The molecular weight excluding hydrogens is 365 g/mol. The number of carboxylic acids is 1. The van der Waals surface area contributed by atoms with Crippen LogP contribution >= 0.6 is 0 Å². The van der Waals surface area contributed by atoms with Crippen molar-refractivity contribution in [3.63, 3.8) is 0 Å². The fourth-order valence-corrected chi connectivity index (χ4v) is 4.36. The van der Waals surface area contributed by atoms with Gasteiger partial charge in [-0.25, -0.2) is 22.6 Å². The number of carbonyl (C=O) groups is 1. The number of benzene rings is 1. The van der Waals surface area contributed by atoms with Crippen LogP contribution in [0.3, 0.4) is 0 Å². The molecular formula is C16H16FN3O5S. The van der Waals surface area contributed by atoms with Crippen LogP contribution in [0.5, 0.6) is 0 Å². The van der Waals surface area contributed by atoms with E-state index in [0.29, 0.717) is 18.7 Å². The van der Waals surface area contributed by atoms with Gasteiger partial charge in [0.1, 0.15) is 17.2 Å². The van der Waals surface area contributed by atoms with Crippen molar-refractivity contribution in [1.29, 1.82) is 0 Å². The van der Waals surface area contributed by atoms with Crippen LogP contribution in [0.25, 0.3) is 0 Å². The first-order valence-corrected chi connectivity index (χ1v) is 9.31. The van der Waals surface area contributed by atoms with Gasteiger partial charge >= 0.3 is 5.97 Å². The first kappa shape index (κ1) is 18.2. The summed E-state index contributed by atoms with van der Waals surface area (Å²) in [6.07, 6.45) is 1.86. The van der Waals surface area contributed by atoms with Crippen LogP contribution in [0.2, 0.25) is 0 Å². The molecule has 0 radical (unpaired) electrons. The second-order valence-electron chi connectivity index (χ2n) is 5.95. The number of carboxylic acid groups (broad SMARTS) is 1. The largest absolute Gasteiger partial charge is 0.477 e. The third kappa shape index (κ3) is 3.51. The van der Waals surface area contributed by atoms with Crippen molar-refractivity contribution in [1.82, 2.24) is 14.3 Å². The van der Waals surface area contributed by atoms with Crippen molar-refractivity contribution in [2.45, 2.75) is 23.7 Å². The first-order valence-electron chi connectivity index (χ1n) is 7.87. The molecule has 0 unspecified atom stereocenters. The predicted molar refractivity (Wildman–Crippen MR) is 89.0 cm³/mol. The summed E-state index contributed by atoms with van der Waals surface area (Å²) >= 11 is 0. The van der Waals surface area contributed by atoms with Crippen LogP contribution in [-0.2, 0) is 10.0 Å². The van der Waals surface area contributed by atoms with Gasteiger partial charge < -0.3 is 10.1 Å².